The molecule has 0 aromatic heterocycles. The van der Waals surface area contributed by atoms with E-state index in [-0.39, 0.29) is 18.0 Å². The van der Waals surface area contributed by atoms with E-state index in [4.69, 9.17) is 9.47 Å². The van der Waals surface area contributed by atoms with Gasteiger partial charge in [0.1, 0.15) is 13.2 Å². The van der Waals surface area contributed by atoms with Crippen LogP contribution in [0.4, 0.5) is 10.5 Å². The Morgan fingerprint density at radius 1 is 1.29 bits per heavy atom. The zero-order valence-electron chi connectivity index (χ0n) is 13.8. The number of rotatable bonds is 5. The molecule has 3 amide bonds. The highest BCUT2D eigenvalue weighted by Crippen LogP contribution is 2.35. The van der Waals surface area contributed by atoms with Crippen LogP contribution < -0.4 is 25.0 Å². The predicted molar refractivity (Wildman–Crippen MR) is 89.6 cm³/mol. The van der Waals surface area contributed by atoms with E-state index in [0.717, 1.165) is 18.5 Å². The van der Waals surface area contributed by atoms with Gasteiger partial charge in [-0.25, -0.2) is 4.79 Å². The molecule has 2 aliphatic heterocycles. The van der Waals surface area contributed by atoms with Crippen LogP contribution in [0.3, 0.4) is 0 Å². The van der Waals surface area contributed by atoms with Gasteiger partial charge >= 0.3 is 6.03 Å². The van der Waals surface area contributed by atoms with E-state index in [2.05, 4.69) is 17.6 Å². The molecule has 130 valence electrons. The first-order valence-corrected chi connectivity index (χ1v) is 8.41. The van der Waals surface area contributed by atoms with Crippen LogP contribution >= 0.6 is 0 Å². The van der Waals surface area contributed by atoms with Gasteiger partial charge in [0.15, 0.2) is 11.5 Å². The smallest absolute Gasteiger partial charge is 0.315 e. The van der Waals surface area contributed by atoms with Gasteiger partial charge in [-0.3, -0.25) is 4.79 Å². The van der Waals surface area contributed by atoms with Gasteiger partial charge < -0.3 is 25.0 Å². The van der Waals surface area contributed by atoms with Crippen molar-refractivity contribution in [3.8, 4) is 11.5 Å². The van der Waals surface area contributed by atoms with Gasteiger partial charge in [-0.15, -0.1) is 0 Å². The third kappa shape index (κ3) is 3.72. The van der Waals surface area contributed by atoms with E-state index in [1.807, 2.05) is 18.2 Å². The molecule has 2 heterocycles. The third-order valence-corrected chi connectivity index (χ3v) is 4.11. The molecule has 7 nitrogen and oxygen atoms in total. The second kappa shape index (κ2) is 7.42. The van der Waals surface area contributed by atoms with Crippen molar-refractivity contribution in [1.82, 2.24) is 10.6 Å². The molecule has 1 atom stereocenters. The Kier molecular flexibility index (Phi) is 5.08. The highest BCUT2D eigenvalue weighted by Gasteiger charge is 2.32. The fourth-order valence-corrected chi connectivity index (χ4v) is 2.87. The molecule has 2 N–H and O–H groups in total. The maximum Gasteiger partial charge on any atom is 0.315 e. The Balaban J connectivity index is 1.59. The van der Waals surface area contributed by atoms with Crippen LogP contribution in [0.15, 0.2) is 18.2 Å². The minimum atomic E-state index is -0.217. The molecule has 24 heavy (non-hydrogen) atoms. The van der Waals surface area contributed by atoms with Gasteiger partial charge in [-0.1, -0.05) is 13.3 Å². The molecule has 7 heteroatoms. The fraction of sp³-hybridized carbons (Fsp3) is 0.529. The Bertz CT molecular complexity index is 620. The number of amides is 3. The van der Waals surface area contributed by atoms with Crippen molar-refractivity contribution in [1.29, 1.82) is 0 Å². The van der Waals surface area contributed by atoms with Crippen molar-refractivity contribution < 1.29 is 19.1 Å². The summed E-state index contributed by atoms with van der Waals surface area (Å²) in [6.45, 7) is 4.22. The average molecular weight is 333 g/mol. The molecule has 0 radical (unpaired) electrons. The summed E-state index contributed by atoms with van der Waals surface area (Å²) >= 11 is 0. The molecule has 1 unspecified atom stereocenters. The summed E-state index contributed by atoms with van der Waals surface area (Å²) in [4.78, 5) is 25.8. The van der Waals surface area contributed by atoms with Crippen molar-refractivity contribution in [2.75, 3.05) is 31.2 Å². The summed E-state index contributed by atoms with van der Waals surface area (Å²) in [5, 5.41) is 5.67. The predicted octanol–water partition coefficient (Wildman–Crippen LogP) is 1.66. The number of urea groups is 1. The lowest BCUT2D eigenvalue weighted by Gasteiger charge is -2.22. The maximum absolute atomic E-state index is 12.3. The molecular formula is C17H23N3O4. The largest absolute Gasteiger partial charge is 0.486 e. The van der Waals surface area contributed by atoms with Crippen LogP contribution in [0.1, 0.15) is 26.2 Å². The van der Waals surface area contributed by atoms with E-state index in [1.165, 1.54) is 0 Å². The molecule has 0 saturated carbocycles. The Labute approximate surface area is 141 Å². The molecule has 0 spiro atoms. The van der Waals surface area contributed by atoms with Crippen molar-refractivity contribution in [3.63, 3.8) is 0 Å². The van der Waals surface area contributed by atoms with E-state index >= 15 is 0 Å². The summed E-state index contributed by atoms with van der Waals surface area (Å²) in [6, 6.07) is 5.07. The van der Waals surface area contributed by atoms with E-state index in [0.29, 0.717) is 44.2 Å². The molecule has 1 aromatic rings. The lowest BCUT2D eigenvalue weighted by molar-refractivity contribution is -0.117. The number of unbranched alkanes of at least 4 members (excludes halogenated alkanes) is 1. The number of nitrogens with zero attached hydrogens (tertiary/aromatic N) is 1. The summed E-state index contributed by atoms with van der Waals surface area (Å²) in [6.07, 6.45) is 2.27. The molecule has 1 fully saturated rings. The molecule has 0 aliphatic carbocycles. The number of nitrogens with one attached hydrogen (secondary N) is 2. The minimum absolute atomic E-state index is 0.00876. The number of anilines is 1. The maximum atomic E-state index is 12.3. The Morgan fingerprint density at radius 3 is 2.88 bits per heavy atom. The third-order valence-electron chi connectivity index (χ3n) is 4.11. The van der Waals surface area contributed by atoms with Crippen LogP contribution in [0.5, 0.6) is 11.5 Å². The fourth-order valence-electron chi connectivity index (χ4n) is 2.87. The summed E-state index contributed by atoms with van der Waals surface area (Å²) in [5.74, 6) is 1.34. The first-order valence-electron chi connectivity index (χ1n) is 8.41. The minimum Gasteiger partial charge on any atom is -0.486 e. The van der Waals surface area contributed by atoms with Crippen LogP contribution in [0, 0.1) is 0 Å². The zero-order chi connectivity index (χ0) is 16.9. The molecule has 0 bridgehead atoms. The average Bonchev–Trinajstić information content (AvgIpc) is 2.95. The Morgan fingerprint density at radius 2 is 2.08 bits per heavy atom. The SMILES string of the molecule is CCCCNC(=O)NC1CC(=O)N(c2ccc3c(c2)OCCO3)C1. The lowest BCUT2D eigenvalue weighted by Crippen LogP contribution is -2.43. The monoisotopic (exact) mass is 333 g/mol. The van der Waals surface area contributed by atoms with Gasteiger partial charge in [0.2, 0.25) is 5.91 Å². The van der Waals surface area contributed by atoms with E-state index < -0.39 is 0 Å². The van der Waals surface area contributed by atoms with Crippen LogP contribution in [0.2, 0.25) is 0 Å². The van der Waals surface area contributed by atoms with Crippen molar-refractivity contribution in [2.24, 2.45) is 0 Å². The Hall–Kier alpha value is -2.44. The van der Waals surface area contributed by atoms with E-state index in [1.54, 1.807) is 4.90 Å². The lowest BCUT2D eigenvalue weighted by atomic mass is 10.2. The molecule has 1 aromatic carbocycles. The second-order valence-corrected chi connectivity index (χ2v) is 5.99. The summed E-state index contributed by atoms with van der Waals surface area (Å²) < 4.78 is 11.1. The van der Waals surface area contributed by atoms with Gasteiger partial charge in [-0.2, -0.15) is 0 Å². The zero-order valence-corrected chi connectivity index (χ0v) is 13.8. The first kappa shape index (κ1) is 16.4. The number of ether oxygens (including phenoxy) is 2. The normalized spacial score (nSPS) is 19.3. The van der Waals surface area contributed by atoms with Crippen LogP contribution in [-0.2, 0) is 4.79 Å². The highest BCUT2D eigenvalue weighted by atomic mass is 16.6. The number of hydrogen-bond donors (Lipinski definition) is 2. The molecule has 3 rings (SSSR count). The quantitative estimate of drug-likeness (QED) is 0.803. The second-order valence-electron chi connectivity index (χ2n) is 5.99. The number of fused-ring (bicyclic) bond motifs is 1. The van der Waals surface area contributed by atoms with Crippen LogP contribution in [0.25, 0.3) is 0 Å². The highest BCUT2D eigenvalue weighted by molar-refractivity contribution is 5.97. The summed E-state index contributed by atoms with van der Waals surface area (Å²) in [7, 11) is 0. The number of benzene rings is 1. The first-order chi connectivity index (χ1) is 11.7. The van der Waals surface area contributed by atoms with Gasteiger partial charge in [-0.05, 0) is 18.6 Å². The van der Waals surface area contributed by atoms with E-state index in [9.17, 15) is 9.59 Å². The number of carbonyl (C=O) groups is 2. The summed E-state index contributed by atoms with van der Waals surface area (Å²) in [5.41, 5.74) is 0.764. The van der Waals surface area contributed by atoms with Gasteiger partial charge in [0, 0.05) is 31.3 Å². The molecular weight excluding hydrogens is 310 g/mol. The molecule has 2 aliphatic rings. The van der Waals surface area contributed by atoms with Gasteiger partial charge in [0.25, 0.3) is 0 Å². The van der Waals surface area contributed by atoms with Gasteiger partial charge in [0.05, 0.1) is 6.04 Å². The number of carbonyl (C=O) groups excluding carboxylic acids is 2. The van der Waals surface area contributed by atoms with Crippen molar-refractivity contribution >= 4 is 17.6 Å². The number of hydrogen-bond acceptors (Lipinski definition) is 4. The van der Waals surface area contributed by atoms with Crippen molar-refractivity contribution in [2.45, 2.75) is 32.2 Å². The van der Waals surface area contributed by atoms with Crippen LogP contribution in [-0.4, -0.2) is 44.3 Å². The standard InChI is InChI=1S/C17H23N3O4/c1-2-3-6-18-17(22)19-12-9-16(21)20(11-12)13-4-5-14-15(10-13)24-8-7-23-14/h4-5,10,12H,2-3,6-9,11H2,1H3,(H2,18,19,22). The molecule has 1 saturated heterocycles. The van der Waals surface area contributed by atoms with Crippen molar-refractivity contribution in [3.05, 3.63) is 18.2 Å². The topological polar surface area (TPSA) is 79.9 Å².